The minimum Gasteiger partial charge on any atom is -0.497 e. The first-order valence-corrected chi connectivity index (χ1v) is 12.0. The Balaban J connectivity index is 1.13. The molecule has 2 aromatic carbocycles. The van der Waals surface area contributed by atoms with E-state index in [4.69, 9.17) is 17.0 Å². The van der Waals surface area contributed by atoms with Crippen molar-refractivity contribution in [3.63, 3.8) is 0 Å². The summed E-state index contributed by atoms with van der Waals surface area (Å²) in [6.07, 6.45) is 4.29. The summed E-state index contributed by atoms with van der Waals surface area (Å²) in [6.45, 7) is 3.69. The van der Waals surface area contributed by atoms with Crippen LogP contribution in [-0.4, -0.2) is 54.1 Å². The molecule has 1 saturated carbocycles. The molecular formula is C26H31N3O2S. The third-order valence-corrected chi connectivity index (χ3v) is 7.88. The maximum absolute atomic E-state index is 13.1. The highest BCUT2D eigenvalue weighted by Crippen LogP contribution is 2.50. The molecule has 3 aliphatic rings. The molecule has 0 aromatic heterocycles. The lowest BCUT2D eigenvalue weighted by molar-refractivity contribution is -0.132. The number of carbonyl (C=O) groups excluding carboxylic acids is 1. The number of nitrogens with zero attached hydrogens (tertiary/aromatic N) is 2. The van der Waals surface area contributed by atoms with E-state index < -0.39 is 0 Å². The van der Waals surface area contributed by atoms with Gasteiger partial charge in [0.2, 0.25) is 5.91 Å². The molecule has 2 unspecified atom stereocenters. The van der Waals surface area contributed by atoms with Gasteiger partial charge in [-0.05, 0) is 66.9 Å². The molecule has 3 fully saturated rings. The molecule has 1 N–H and O–H groups in total. The molecule has 1 spiro atoms. The summed E-state index contributed by atoms with van der Waals surface area (Å²) < 4.78 is 5.30. The Hall–Kier alpha value is -2.60. The molecule has 168 valence electrons. The Bertz CT molecular complexity index is 988. The lowest BCUT2D eigenvalue weighted by Crippen LogP contribution is -2.46. The third kappa shape index (κ3) is 4.33. The largest absolute Gasteiger partial charge is 0.497 e. The number of methoxy groups -OCH3 is 1. The number of ether oxygens (including phenoxy) is 1. The average Bonchev–Trinajstić information content (AvgIpc) is 3.54. The first-order valence-electron chi connectivity index (χ1n) is 11.6. The van der Waals surface area contributed by atoms with E-state index in [-0.39, 0.29) is 11.3 Å². The van der Waals surface area contributed by atoms with Crippen LogP contribution in [-0.2, 0) is 4.79 Å². The van der Waals surface area contributed by atoms with Gasteiger partial charge in [-0.3, -0.25) is 4.79 Å². The van der Waals surface area contributed by atoms with Crippen LogP contribution >= 0.6 is 12.2 Å². The van der Waals surface area contributed by atoms with E-state index in [9.17, 15) is 4.79 Å². The van der Waals surface area contributed by atoms with Crippen LogP contribution in [0.1, 0.15) is 37.2 Å². The SMILES string of the molecule is COc1cccc(NC(=S)N2CCC3(CCN(C(=O)C4CC4c4ccccc4)C3)CC2)c1. The third-order valence-electron chi connectivity index (χ3n) is 7.52. The number of carbonyl (C=O) groups is 1. The molecule has 6 heteroatoms. The number of likely N-dealkylation sites (tertiary alicyclic amines) is 2. The number of rotatable bonds is 4. The number of hydrogen-bond acceptors (Lipinski definition) is 3. The first kappa shape index (κ1) is 21.3. The van der Waals surface area contributed by atoms with Gasteiger partial charge < -0.3 is 19.9 Å². The van der Waals surface area contributed by atoms with Gasteiger partial charge in [0.15, 0.2) is 5.11 Å². The van der Waals surface area contributed by atoms with Crippen molar-refractivity contribution >= 4 is 28.9 Å². The number of hydrogen-bond donors (Lipinski definition) is 1. The van der Waals surface area contributed by atoms with Crippen molar-refractivity contribution in [2.45, 2.75) is 31.6 Å². The fourth-order valence-corrected chi connectivity index (χ4v) is 5.69. The van der Waals surface area contributed by atoms with Gasteiger partial charge in [0, 0.05) is 43.9 Å². The highest BCUT2D eigenvalue weighted by Gasteiger charge is 2.49. The minimum atomic E-state index is 0.187. The molecule has 5 nitrogen and oxygen atoms in total. The van der Waals surface area contributed by atoms with E-state index in [0.29, 0.717) is 11.8 Å². The summed E-state index contributed by atoms with van der Waals surface area (Å²) in [5, 5.41) is 4.12. The Labute approximate surface area is 195 Å². The zero-order chi connectivity index (χ0) is 22.1. The first-order chi connectivity index (χ1) is 15.6. The van der Waals surface area contributed by atoms with Crippen molar-refractivity contribution in [2.24, 2.45) is 11.3 Å². The number of thiocarbonyl (C=S) groups is 1. The molecule has 1 amide bonds. The quantitative estimate of drug-likeness (QED) is 0.696. The van der Waals surface area contributed by atoms with Crippen LogP contribution in [0.2, 0.25) is 0 Å². The molecule has 0 bridgehead atoms. The summed E-state index contributed by atoms with van der Waals surface area (Å²) >= 11 is 5.67. The molecule has 2 aromatic rings. The Morgan fingerprint density at radius 2 is 1.75 bits per heavy atom. The second-order valence-corrected chi connectivity index (χ2v) is 9.91. The van der Waals surface area contributed by atoms with Gasteiger partial charge in [0.05, 0.1) is 7.11 Å². The smallest absolute Gasteiger partial charge is 0.226 e. The van der Waals surface area contributed by atoms with Gasteiger partial charge in [0.25, 0.3) is 0 Å². The number of anilines is 1. The van der Waals surface area contributed by atoms with E-state index in [1.807, 2.05) is 30.3 Å². The summed E-state index contributed by atoms with van der Waals surface area (Å²) in [6, 6.07) is 18.3. The minimum absolute atomic E-state index is 0.187. The van der Waals surface area contributed by atoms with E-state index in [0.717, 1.165) is 68.4 Å². The number of nitrogens with one attached hydrogen (secondary N) is 1. The lowest BCUT2D eigenvalue weighted by atomic mass is 9.78. The van der Waals surface area contributed by atoms with Crippen LogP contribution in [0, 0.1) is 11.3 Å². The van der Waals surface area contributed by atoms with Crippen LogP contribution < -0.4 is 10.1 Å². The van der Waals surface area contributed by atoms with Crippen LogP contribution in [0.15, 0.2) is 54.6 Å². The summed E-state index contributed by atoms with van der Waals surface area (Å²) in [5.41, 5.74) is 2.52. The molecule has 32 heavy (non-hydrogen) atoms. The normalized spacial score (nSPS) is 23.8. The van der Waals surface area contributed by atoms with E-state index >= 15 is 0 Å². The second kappa shape index (κ2) is 8.74. The van der Waals surface area contributed by atoms with E-state index in [2.05, 4.69) is 39.4 Å². The maximum Gasteiger partial charge on any atom is 0.226 e. The van der Waals surface area contributed by atoms with Crippen LogP contribution in [0.25, 0.3) is 0 Å². The van der Waals surface area contributed by atoms with Crippen molar-refractivity contribution in [1.82, 2.24) is 9.80 Å². The standard InChI is InChI=1S/C26H31N3O2S/c1-31-21-9-5-8-20(16-21)27-25(32)28-13-10-26(11-14-28)12-15-29(18-26)24(30)23-17-22(23)19-6-3-2-4-7-19/h2-9,16,22-23H,10-15,17-18H2,1H3,(H,27,32). The Morgan fingerprint density at radius 3 is 2.47 bits per heavy atom. The second-order valence-electron chi connectivity index (χ2n) is 9.52. The Morgan fingerprint density at radius 1 is 1.03 bits per heavy atom. The molecule has 1 aliphatic carbocycles. The predicted molar refractivity (Wildman–Crippen MR) is 131 cm³/mol. The maximum atomic E-state index is 13.1. The highest BCUT2D eigenvalue weighted by atomic mass is 32.1. The molecule has 0 radical (unpaired) electrons. The topological polar surface area (TPSA) is 44.8 Å². The number of benzene rings is 2. The fraction of sp³-hybridized carbons (Fsp3) is 0.462. The number of piperidine rings is 1. The molecule has 5 rings (SSSR count). The van der Waals surface area contributed by atoms with Crippen LogP contribution in [0.4, 0.5) is 5.69 Å². The van der Waals surface area contributed by atoms with Gasteiger partial charge in [-0.15, -0.1) is 0 Å². The Kier molecular flexibility index (Phi) is 5.80. The van der Waals surface area contributed by atoms with Crippen molar-refractivity contribution in [1.29, 1.82) is 0 Å². The fourth-order valence-electron chi connectivity index (χ4n) is 5.39. The zero-order valence-electron chi connectivity index (χ0n) is 18.6. The monoisotopic (exact) mass is 449 g/mol. The van der Waals surface area contributed by atoms with Gasteiger partial charge in [-0.2, -0.15) is 0 Å². The van der Waals surface area contributed by atoms with E-state index in [1.54, 1.807) is 7.11 Å². The van der Waals surface area contributed by atoms with Crippen LogP contribution in [0.3, 0.4) is 0 Å². The molecule has 2 saturated heterocycles. The molecule has 2 heterocycles. The van der Waals surface area contributed by atoms with E-state index in [1.165, 1.54) is 5.56 Å². The van der Waals surface area contributed by atoms with Gasteiger partial charge >= 0.3 is 0 Å². The van der Waals surface area contributed by atoms with Crippen molar-refractivity contribution in [2.75, 3.05) is 38.6 Å². The average molecular weight is 450 g/mol. The summed E-state index contributed by atoms with van der Waals surface area (Å²) in [4.78, 5) is 17.5. The highest BCUT2D eigenvalue weighted by molar-refractivity contribution is 7.80. The van der Waals surface area contributed by atoms with Crippen molar-refractivity contribution in [3.8, 4) is 5.75 Å². The molecule has 2 atom stereocenters. The molecular weight excluding hydrogens is 418 g/mol. The molecule has 2 aliphatic heterocycles. The van der Waals surface area contributed by atoms with Crippen molar-refractivity contribution in [3.05, 3.63) is 60.2 Å². The summed E-state index contributed by atoms with van der Waals surface area (Å²) in [5.74, 6) is 1.79. The van der Waals surface area contributed by atoms with Gasteiger partial charge in [-0.1, -0.05) is 36.4 Å². The number of amides is 1. The van der Waals surface area contributed by atoms with Gasteiger partial charge in [0.1, 0.15) is 5.75 Å². The van der Waals surface area contributed by atoms with Gasteiger partial charge in [-0.25, -0.2) is 0 Å². The predicted octanol–water partition coefficient (Wildman–Crippen LogP) is 4.51. The zero-order valence-corrected chi connectivity index (χ0v) is 19.4. The lowest BCUT2D eigenvalue weighted by Gasteiger charge is -2.40. The summed E-state index contributed by atoms with van der Waals surface area (Å²) in [7, 11) is 1.67. The van der Waals surface area contributed by atoms with Crippen LogP contribution in [0.5, 0.6) is 5.75 Å². The van der Waals surface area contributed by atoms with Crippen molar-refractivity contribution < 1.29 is 9.53 Å².